The minimum absolute atomic E-state index is 0. The van der Waals surface area contributed by atoms with Crippen LogP contribution in [-0.4, -0.2) is 33.8 Å². The Labute approximate surface area is 143 Å². The quantitative estimate of drug-likeness (QED) is 0.869. The molecule has 3 rings (SSSR count). The Morgan fingerprint density at radius 1 is 1.36 bits per heavy atom. The highest BCUT2D eigenvalue weighted by Gasteiger charge is 2.28. The molecule has 6 nitrogen and oxygen atoms in total. The lowest BCUT2D eigenvalue weighted by Gasteiger charge is -2.27. The van der Waals surface area contributed by atoms with Crippen LogP contribution in [0, 0.1) is 5.92 Å². The van der Waals surface area contributed by atoms with Crippen molar-refractivity contribution in [3.8, 4) is 0 Å². The molecule has 1 saturated heterocycles. The van der Waals surface area contributed by atoms with Crippen LogP contribution in [0.15, 0.2) is 0 Å². The highest BCUT2D eigenvalue weighted by atomic mass is 35.5. The number of nitrogens with zero attached hydrogens (tertiary/aromatic N) is 3. The van der Waals surface area contributed by atoms with Crippen LogP contribution in [0.2, 0.25) is 0 Å². The maximum absolute atomic E-state index is 12.3. The van der Waals surface area contributed by atoms with Gasteiger partial charge in [-0.2, -0.15) is 5.10 Å². The van der Waals surface area contributed by atoms with E-state index in [0.717, 1.165) is 63.4 Å². The molecule has 2 aliphatic heterocycles. The summed E-state index contributed by atoms with van der Waals surface area (Å²) in [6, 6.07) is 0.0333. The Bertz CT molecular complexity index is 488. The lowest BCUT2D eigenvalue weighted by atomic mass is 9.97. The van der Waals surface area contributed by atoms with Crippen molar-refractivity contribution in [3.63, 3.8) is 0 Å². The molecule has 1 aromatic heterocycles. The van der Waals surface area contributed by atoms with Crippen LogP contribution >= 0.6 is 24.8 Å². The summed E-state index contributed by atoms with van der Waals surface area (Å²) in [7, 11) is 0. The number of rotatable bonds is 3. The summed E-state index contributed by atoms with van der Waals surface area (Å²) < 4.78 is 1.96. The van der Waals surface area contributed by atoms with Gasteiger partial charge in [0.1, 0.15) is 5.82 Å². The summed E-state index contributed by atoms with van der Waals surface area (Å²) in [5.41, 5.74) is 0. The van der Waals surface area contributed by atoms with Crippen molar-refractivity contribution in [1.82, 2.24) is 25.4 Å². The average molecular weight is 350 g/mol. The molecule has 3 heterocycles. The maximum Gasteiger partial charge on any atom is 0.224 e. The number of fused-ring (bicyclic) bond motifs is 1. The summed E-state index contributed by atoms with van der Waals surface area (Å²) in [5.74, 6) is 2.08. The maximum atomic E-state index is 12.3. The average Bonchev–Trinajstić information content (AvgIpc) is 2.92. The summed E-state index contributed by atoms with van der Waals surface area (Å²) in [4.78, 5) is 16.9. The molecule has 1 aromatic rings. The Kier molecular flexibility index (Phi) is 7.59. The van der Waals surface area contributed by atoms with E-state index in [1.807, 2.05) is 4.68 Å². The SMILES string of the molecule is CCc1nc2n(n1)CCCC2NC(=O)C1CCCNC1.Cl.Cl. The van der Waals surface area contributed by atoms with Crippen LogP contribution in [0.4, 0.5) is 0 Å². The highest BCUT2D eigenvalue weighted by molar-refractivity contribution is 5.85. The Balaban J connectivity index is 0.00000121. The lowest BCUT2D eigenvalue weighted by molar-refractivity contribution is -0.126. The van der Waals surface area contributed by atoms with E-state index in [-0.39, 0.29) is 42.7 Å². The van der Waals surface area contributed by atoms with Crippen LogP contribution in [0.3, 0.4) is 0 Å². The minimum Gasteiger partial charge on any atom is -0.346 e. The zero-order valence-electron chi connectivity index (χ0n) is 12.9. The van der Waals surface area contributed by atoms with E-state index in [2.05, 4.69) is 27.6 Å². The smallest absolute Gasteiger partial charge is 0.224 e. The molecular formula is C14H25Cl2N5O. The third-order valence-corrected chi connectivity index (χ3v) is 4.22. The predicted octanol–water partition coefficient (Wildman–Crippen LogP) is 1.63. The van der Waals surface area contributed by atoms with Gasteiger partial charge in [0.05, 0.1) is 12.0 Å². The molecule has 0 radical (unpaired) electrons. The first-order chi connectivity index (χ1) is 9.78. The number of hydrogen-bond donors (Lipinski definition) is 2. The van der Waals surface area contributed by atoms with Crippen molar-refractivity contribution in [2.24, 2.45) is 5.92 Å². The number of amides is 1. The van der Waals surface area contributed by atoms with Crippen LogP contribution in [0.1, 0.15) is 50.3 Å². The first-order valence-electron chi connectivity index (χ1n) is 7.72. The van der Waals surface area contributed by atoms with Crippen molar-refractivity contribution in [2.75, 3.05) is 13.1 Å². The van der Waals surface area contributed by atoms with Gasteiger partial charge in [-0.15, -0.1) is 24.8 Å². The summed E-state index contributed by atoms with van der Waals surface area (Å²) >= 11 is 0. The fourth-order valence-corrected chi connectivity index (χ4v) is 3.05. The number of carbonyl (C=O) groups excluding carboxylic acids is 1. The number of nitrogens with one attached hydrogen (secondary N) is 2. The van der Waals surface area contributed by atoms with Gasteiger partial charge in [-0.1, -0.05) is 6.92 Å². The number of aryl methyl sites for hydroxylation is 2. The molecule has 126 valence electrons. The molecule has 0 bridgehead atoms. The second-order valence-corrected chi connectivity index (χ2v) is 5.71. The van der Waals surface area contributed by atoms with E-state index in [1.54, 1.807) is 0 Å². The van der Waals surface area contributed by atoms with E-state index in [9.17, 15) is 4.79 Å². The van der Waals surface area contributed by atoms with Gasteiger partial charge >= 0.3 is 0 Å². The molecular weight excluding hydrogens is 325 g/mol. The zero-order valence-corrected chi connectivity index (χ0v) is 14.5. The van der Waals surface area contributed by atoms with Gasteiger partial charge in [0.2, 0.25) is 5.91 Å². The Morgan fingerprint density at radius 3 is 2.86 bits per heavy atom. The molecule has 2 aliphatic rings. The van der Waals surface area contributed by atoms with Gasteiger partial charge in [0, 0.05) is 19.5 Å². The molecule has 2 atom stereocenters. The standard InChI is InChI=1S/C14H23N5O.2ClH/c1-2-12-17-13-11(6-4-8-19(13)18-12)16-14(20)10-5-3-7-15-9-10;;/h10-11,15H,2-9H2,1H3,(H,16,20);2*1H. The van der Waals surface area contributed by atoms with Crippen LogP contribution in [-0.2, 0) is 17.8 Å². The van der Waals surface area contributed by atoms with Gasteiger partial charge in [-0.25, -0.2) is 9.67 Å². The third-order valence-electron chi connectivity index (χ3n) is 4.22. The number of carbonyl (C=O) groups is 1. The van der Waals surface area contributed by atoms with Crippen molar-refractivity contribution >= 4 is 30.7 Å². The first-order valence-corrected chi connectivity index (χ1v) is 7.72. The second kappa shape index (κ2) is 8.70. The summed E-state index contributed by atoms with van der Waals surface area (Å²) in [6.45, 7) is 4.80. The van der Waals surface area contributed by atoms with E-state index in [0.29, 0.717) is 0 Å². The molecule has 0 aromatic carbocycles. The molecule has 1 fully saturated rings. The van der Waals surface area contributed by atoms with Crippen molar-refractivity contribution in [2.45, 2.75) is 51.6 Å². The molecule has 2 unspecified atom stereocenters. The number of hydrogen-bond acceptors (Lipinski definition) is 4. The molecule has 1 amide bonds. The lowest BCUT2D eigenvalue weighted by Crippen LogP contribution is -2.43. The van der Waals surface area contributed by atoms with Crippen molar-refractivity contribution < 1.29 is 4.79 Å². The van der Waals surface area contributed by atoms with Gasteiger partial charge in [0.25, 0.3) is 0 Å². The van der Waals surface area contributed by atoms with E-state index >= 15 is 0 Å². The van der Waals surface area contributed by atoms with E-state index in [4.69, 9.17) is 0 Å². The number of aromatic nitrogens is 3. The minimum atomic E-state index is 0. The molecule has 0 spiro atoms. The normalized spacial score (nSPS) is 23.7. The van der Waals surface area contributed by atoms with Gasteiger partial charge < -0.3 is 10.6 Å². The van der Waals surface area contributed by atoms with Crippen LogP contribution < -0.4 is 10.6 Å². The molecule has 2 N–H and O–H groups in total. The molecule has 0 saturated carbocycles. The van der Waals surface area contributed by atoms with Gasteiger partial charge in [-0.05, 0) is 32.2 Å². The van der Waals surface area contributed by atoms with Crippen LogP contribution in [0.25, 0.3) is 0 Å². The van der Waals surface area contributed by atoms with Crippen molar-refractivity contribution in [3.05, 3.63) is 11.6 Å². The number of halogens is 2. The fraction of sp³-hybridized carbons (Fsp3) is 0.786. The highest BCUT2D eigenvalue weighted by Crippen LogP contribution is 2.24. The zero-order chi connectivity index (χ0) is 13.9. The first kappa shape index (κ1) is 19.2. The van der Waals surface area contributed by atoms with E-state index in [1.165, 1.54) is 0 Å². The third kappa shape index (κ3) is 4.12. The largest absolute Gasteiger partial charge is 0.346 e. The topological polar surface area (TPSA) is 71.8 Å². The molecule has 0 aliphatic carbocycles. The summed E-state index contributed by atoms with van der Waals surface area (Å²) in [6.07, 6.45) is 4.92. The summed E-state index contributed by atoms with van der Waals surface area (Å²) in [5, 5.41) is 11.0. The monoisotopic (exact) mass is 349 g/mol. The second-order valence-electron chi connectivity index (χ2n) is 5.71. The molecule has 22 heavy (non-hydrogen) atoms. The Morgan fingerprint density at radius 2 is 2.18 bits per heavy atom. The number of piperidine rings is 1. The van der Waals surface area contributed by atoms with Gasteiger partial charge in [0.15, 0.2) is 5.82 Å². The van der Waals surface area contributed by atoms with Crippen LogP contribution in [0.5, 0.6) is 0 Å². The molecule has 8 heteroatoms. The van der Waals surface area contributed by atoms with Crippen molar-refractivity contribution in [1.29, 1.82) is 0 Å². The van der Waals surface area contributed by atoms with E-state index < -0.39 is 0 Å². The Hall–Kier alpha value is -0.850. The fourth-order valence-electron chi connectivity index (χ4n) is 3.05. The predicted molar refractivity (Wildman–Crippen MR) is 89.6 cm³/mol. The van der Waals surface area contributed by atoms with Gasteiger partial charge in [-0.3, -0.25) is 4.79 Å².